The van der Waals surface area contributed by atoms with E-state index in [9.17, 15) is 0 Å². The zero-order valence-electron chi connectivity index (χ0n) is 8.24. The Bertz CT molecular complexity index is 265. The van der Waals surface area contributed by atoms with Crippen LogP contribution in [0.5, 0.6) is 0 Å². The van der Waals surface area contributed by atoms with Gasteiger partial charge in [0, 0.05) is 0 Å². The molecule has 0 saturated heterocycles. The number of anilines is 1. The molecule has 0 aliphatic rings. The van der Waals surface area contributed by atoms with Crippen LogP contribution in [0.3, 0.4) is 0 Å². The third-order valence-electron chi connectivity index (χ3n) is 1.40. The van der Waals surface area contributed by atoms with E-state index in [0.717, 1.165) is 14.5 Å². The molecule has 0 unspecified atom stereocenters. The fraction of sp³-hybridized carbons (Fsp3) is 0.833. The molecule has 68 valence electrons. The molecule has 0 atom stereocenters. The van der Waals surface area contributed by atoms with Gasteiger partial charge in [0.25, 0.3) is 0 Å². The number of hydrogen-bond donors (Lipinski definition) is 0. The summed E-state index contributed by atoms with van der Waals surface area (Å²) < 4.78 is 6.48. The van der Waals surface area contributed by atoms with E-state index in [4.69, 9.17) is 0 Å². The molecule has 1 aromatic heterocycles. The van der Waals surface area contributed by atoms with Gasteiger partial charge in [0.05, 0.1) is 0 Å². The van der Waals surface area contributed by atoms with Crippen molar-refractivity contribution >= 4 is 33.1 Å². The van der Waals surface area contributed by atoms with Crippen molar-refractivity contribution < 1.29 is 0 Å². The molecule has 0 bridgehead atoms. The van der Waals surface area contributed by atoms with E-state index >= 15 is 0 Å². The summed E-state index contributed by atoms with van der Waals surface area (Å²) in [4.78, 5) is 8.95. The monoisotopic (exact) mass is 294 g/mol. The molecule has 1 heterocycles. The molecular formula is C6H15N4PSn. The van der Waals surface area contributed by atoms with Gasteiger partial charge in [-0.3, -0.25) is 0 Å². The van der Waals surface area contributed by atoms with Gasteiger partial charge < -0.3 is 0 Å². The number of rotatable bonds is 2. The fourth-order valence-electron chi connectivity index (χ4n) is 0.670. The standard InChI is InChI=1S/C3H6N4P.3CH3.Sn/c1-7(2)3-4-6-8-5-3;;;;/h1-2H3;3*1H3;/q-1;;;;+1. The Labute approximate surface area is 79.4 Å². The maximum absolute atomic E-state index is 4.45. The number of hydrogen-bond acceptors (Lipinski definition) is 3. The SMILES string of the molecule is CN(C)c1np[n]([Sn]([CH3])([CH3])[CH3])n1. The first-order chi connectivity index (χ1) is 5.41. The van der Waals surface area contributed by atoms with E-state index in [1.807, 2.05) is 19.0 Å². The van der Waals surface area contributed by atoms with Crippen molar-refractivity contribution in [1.82, 2.24) is 12.5 Å². The van der Waals surface area contributed by atoms with Crippen LogP contribution >= 0.6 is 8.51 Å². The van der Waals surface area contributed by atoms with E-state index in [0.29, 0.717) is 0 Å². The first-order valence-electron chi connectivity index (χ1n) is 3.89. The molecule has 0 aromatic carbocycles. The van der Waals surface area contributed by atoms with Gasteiger partial charge in [0.15, 0.2) is 0 Å². The van der Waals surface area contributed by atoms with Crippen LogP contribution in [0.15, 0.2) is 0 Å². The Morgan fingerprint density at radius 1 is 1.33 bits per heavy atom. The summed E-state index contributed by atoms with van der Waals surface area (Å²) in [5, 5.41) is 4.45. The summed E-state index contributed by atoms with van der Waals surface area (Å²) >= 11 is -1.99. The number of aromatic nitrogens is 3. The molecular weight excluding hydrogens is 278 g/mol. The molecule has 0 aliphatic heterocycles. The van der Waals surface area contributed by atoms with Gasteiger partial charge in [-0.1, -0.05) is 0 Å². The van der Waals surface area contributed by atoms with Crippen LogP contribution in [0.2, 0.25) is 14.8 Å². The zero-order chi connectivity index (χ0) is 9.35. The van der Waals surface area contributed by atoms with E-state index < -0.39 is 18.7 Å². The second kappa shape index (κ2) is 3.50. The first-order valence-corrected chi connectivity index (χ1v) is 14.5. The molecule has 0 aliphatic carbocycles. The topological polar surface area (TPSA) is 34.0 Å². The van der Waals surface area contributed by atoms with Crippen molar-refractivity contribution in [3.05, 3.63) is 0 Å². The van der Waals surface area contributed by atoms with Gasteiger partial charge in [-0.15, -0.1) is 0 Å². The second-order valence-electron chi connectivity index (χ2n) is 3.94. The van der Waals surface area contributed by atoms with E-state index in [2.05, 4.69) is 27.3 Å². The molecule has 6 heteroatoms. The van der Waals surface area contributed by atoms with Gasteiger partial charge in [-0.2, -0.15) is 0 Å². The third kappa shape index (κ3) is 2.33. The molecule has 0 saturated carbocycles. The first kappa shape index (κ1) is 10.3. The van der Waals surface area contributed by atoms with E-state index in [1.165, 1.54) is 0 Å². The van der Waals surface area contributed by atoms with Crippen LogP contribution in [0.4, 0.5) is 5.95 Å². The Hall–Kier alpha value is 0.169. The second-order valence-corrected chi connectivity index (χ2v) is 19.4. The van der Waals surface area contributed by atoms with Crippen molar-refractivity contribution in [2.75, 3.05) is 19.0 Å². The zero-order valence-corrected chi connectivity index (χ0v) is 12.0. The van der Waals surface area contributed by atoms with Crippen molar-refractivity contribution in [3.63, 3.8) is 0 Å². The van der Waals surface area contributed by atoms with E-state index in [-0.39, 0.29) is 0 Å². The molecule has 1 aromatic rings. The summed E-state index contributed by atoms with van der Waals surface area (Å²) in [6.45, 7) is 0. The average Bonchev–Trinajstić information content (AvgIpc) is 2.30. The Morgan fingerprint density at radius 3 is 2.17 bits per heavy atom. The van der Waals surface area contributed by atoms with Crippen LogP contribution < -0.4 is 4.90 Å². The predicted octanol–water partition coefficient (Wildman–Crippen LogP) is 1.61. The summed E-state index contributed by atoms with van der Waals surface area (Å²) in [5.74, 6) is 0.850. The summed E-state index contributed by atoms with van der Waals surface area (Å²) in [5.41, 5.74) is 0. The molecule has 12 heavy (non-hydrogen) atoms. The van der Waals surface area contributed by atoms with Gasteiger partial charge in [0.2, 0.25) is 0 Å². The van der Waals surface area contributed by atoms with Gasteiger partial charge >= 0.3 is 79.4 Å². The summed E-state index contributed by atoms with van der Waals surface area (Å²) in [7, 11) is 4.95. The van der Waals surface area contributed by atoms with Crippen LogP contribution in [-0.4, -0.2) is 45.3 Å². The third-order valence-corrected chi connectivity index (χ3v) is 10.4. The normalized spacial score (nSPS) is 12.4. The fourth-order valence-corrected chi connectivity index (χ4v) is 5.23. The summed E-state index contributed by atoms with van der Waals surface area (Å²) in [6.07, 6.45) is 0. The molecule has 0 spiro atoms. The van der Waals surface area contributed by atoms with E-state index in [1.54, 1.807) is 0 Å². The maximum atomic E-state index is 4.45. The van der Waals surface area contributed by atoms with Crippen molar-refractivity contribution in [2.24, 2.45) is 0 Å². The minimum atomic E-state index is -1.99. The number of nitrogens with zero attached hydrogens (tertiary/aromatic N) is 4. The van der Waals surface area contributed by atoms with Crippen LogP contribution in [-0.2, 0) is 0 Å². The van der Waals surface area contributed by atoms with Crippen molar-refractivity contribution in [2.45, 2.75) is 14.8 Å². The molecule has 4 nitrogen and oxygen atoms in total. The molecule has 0 amide bonds. The quantitative estimate of drug-likeness (QED) is 0.777. The minimum absolute atomic E-state index is 0.850. The molecule has 1 rings (SSSR count). The van der Waals surface area contributed by atoms with Crippen molar-refractivity contribution in [1.29, 1.82) is 0 Å². The van der Waals surface area contributed by atoms with Crippen LogP contribution in [0.1, 0.15) is 0 Å². The Balaban J connectivity index is 2.92. The Morgan fingerprint density at radius 2 is 1.92 bits per heavy atom. The van der Waals surface area contributed by atoms with Gasteiger partial charge in [-0.25, -0.2) is 0 Å². The van der Waals surface area contributed by atoms with Crippen molar-refractivity contribution in [3.8, 4) is 0 Å². The van der Waals surface area contributed by atoms with Gasteiger partial charge in [-0.05, 0) is 0 Å². The molecule has 0 radical (unpaired) electrons. The predicted molar refractivity (Wildman–Crippen MR) is 55.6 cm³/mol. The molecule has 0 fully saturated rings. The van der Waals surface area contributed by atoms with Gasteiger partial charge in [0.1, 0.15) is 0 Å². The Kier molecular flexibility index (Phi) is 2.99. The average molecular weight is 293 g/mol. The van der Waals surface area contributed by atoms with Crippen LogP contribution in [0.25, 0.3) is 0 Å². The summed E-state index contributed by atoms with van der Waals surface area (Å²) in [6, 6.07) is 0. The van der Waals surface area contributed by atoms with Crippen LogP contribution in [0, 0.1) is 0 Å². The molecule has 0 N–H and O–H groups in total.